The molecule has 15 heavy (non-hydrogen) atoms. The minimum Gasteiger partial charge on any atom is -0.375 e. The van der Waals surface area contributed by atoms with Crippen LogP contribution in [0.5, 0.6) is 0 Å². The first-order chi connectivity index (χ1) is 7.13. The minimum absolute atomic E-state index is 0.0449. The van der Waals surface area contributed by atoms with Gasteiger partial charge in [-0.25, -0.2) is 0 Å². The zero-order valence-electron chi connectivity index (χ0n) is 8.31. The molecule has 1 aromatic carbocycles. The molecule has 0 aromatic heterocycles. The molecular weight excluding hydrogens is 279 g/mol. The molecule has 1 rings (SSSR count). The molecule has 5 heteroatoms. The van der Waals surface area contributed by atoms with Crippen LogP contribution in [0.4, 0.5) is 5.69 Å². The first kappa shape index (κ1) is 12.3. The van der Waals surface area contributed by atoms with Gasteiger partial charge in [-0.3, -0.25) is 4.79 Å². The van der Waals surface area contributed by atoms with Crippen LogP contribution in [-0.4, -0.2) is 19.0 Å². The fourth-order valence-corrected chi connectivity index (χ4v) is 1.81. The van der Waals surface area contributed by atoms with Crippen molar-refractivity contribution in [1.29, 1.82) is 0 Å². The summed E-state index contributed by atoms with van der Waals surface area (Å²) in [5.74, 6) is -0.0449. The van der Waals surface area contributed by atoms with Crippen LogP contribution in [0.15, 0.2) is 22.7 Å². The maximum absolute atomic E-state index is 11.2. The van der Waals surface area contributed by atoms with Gasteiger partial charge in [0.2, 0.25) is 5.91 Å². The average molecular weight is 292 g/mol. The highest BCUT2D eigenvalue weighted by Crippen LogP contribution is 2.25. The molecule has 0 aliphatic rings. The first-order valence-corrected chi connectivity index (χ1v) is 5.76. The Bertz CT molecular complexity index is 357. The topological polar surface area (TPSA) is 41.1 Å². The predicted molar refractivity (Wildman–Crippen MR) is 66.3 cm³/mol. The molecule has 0 spiro atoms. The van der Waals surface area contributed by atoms with Gasteiger partial charge in [0.05, 0.1) is 17.3 Å². The van der Waals surface area contributed by atoms with E-state index in [9.17, 15) is 4.79 Å². The third-order valence-electron chi connectivity index (χ3n) is 1.74. The van der Waals surface area contributed by atoms with E-state index in [1.807, 2.05) is 19.1 Å². The second kappa shape index (κ2) is 5.98. The second-order valence-corrected chi connectivity index (χ2v) is 4.25. The number of anilines is 1. The Kier molecular flexibility index (Phi) is 4.91. The number of nitrogens with one attached hydrogen (secondary N) is 2. The monoisotopic (exact) mass is 290 g/mol. The van der Waals surface area contributed by atoms with E-state index in [0.29, 0.717) is 11.6 Å². The molecule has 0 aliphatic heterocycles. The van der Waals surface area contributed by atoms with Crippen LogP contribution in [0.1, 0.15) is 6.92 Å². The van der Waals surface area contributed by atoms with Crippen LogP contribution >= 0.6 is 27.5 Å². The Morgan fingerprint density at radius 1 is 1.53 bits per heavy atom. The van der Waals surface area contributed by atoms with E-state index in [2.05, 4.69) is 26.6 Å². The maximum Gasteiger partial charge on any atom is 0.239 e. The number of hydrogen-bond donors (Lipinski definition) is 2. The number of benzene rings is 1. The van der Waals surface area contributed by atoms with Crippen molar-refractivity contribution in [2.45, 2.75) is 6.92 Å². The number of amides is 1. The summed E-state index contributed by atoms with van der Waals surface area (Å²) < 4.78 is 0.913. The largest absolute Gasteiger partial charge is 0.375 e. The smallest absolute Gasteiger partial charge is 0.239 e. The maximum atomic E-state index is 11.2. The standard InChI is InChI=1S/C10H12BrClN2O/c1-2-13-10(15)6-14-9-4-3-7(11)5-8(9)12/h3-5,14H,2,6H2,1H3,(H,13,15). The van der Waals surface area contributed by atoms with Gasteiger partial charge in [0.25, 0.3) is 0 Å². The van der Waals surface area contributed by atoms with Crippen LogP contribution in [0, 0.1) is 0 Å². The summed E-state index contributed by atoms with van der Waals surface area (Å²) in [5.41, 5.74) is 0.756. The minimum atomic E-state index is -0.0449. The van der Waals surface area contributed by atoms with E-state index in [0.717, 1.165) is 10.2 Å². The van der Waals surface area contributed by atoms with Crippen LogP contribution in [0.25, 0.3) is 0 Å². The lowest BCUT2D eigenvalue weighted by atomic mass is 10.3. The number of rotatable bonds is 4. The summed E-state index contributed by atoms with van der Waals surface area (Å²) in [6.45, 7) is 2.74. The third-order valence-corrected chi connectivity index (χ3v) is 2.55. The van der Waals surface area contributed by atoms with E-state index >= 15 is 0 Å². The lowest BCUT2D eigenvalue weighted by Gasteiger charge is -2.08. The molecule has 1 aromatic rings. The summed E-state index contributed by atoms with van der Waals surface area (Å²) in [7, 11) is 0. The molecule has 1 amide bonds. The van der Waals surface area contributed by atoms with Gasteiger partial charge in [0.15, 0.2) is 0 Å². The normalized spacial score (nSPS) is 9.80. The molecule has 0 radical (unpaired) electrons. The lowest BCUT2D eigenvalue weighted by Crippen LogP contribution is -2.29. The third kappa shape index (κ3) is 4.10. The van der Waals surface area contributed by atoms with Crippen molar-refractivity contribution >= 4 is 39.1 Å². The van der Waals surface area contributed by atoms with Gasteiger partial charge in [0, 0.05) is 11.0 Å². The number of carbonyl (C=O) groups is 1. The van der Waals surface area contributed by atoms with Crippen LogP contribution in [-0.2, 0) is 4.79 Å². The summed E-state index contributed by atoms with van der Waals surface area (Å²) in [4.78, 5) is 11.2. The van der Waals surface area contributed by atoms with Gasteiger partial charge in [-0.2, -0.15) is 0 Å². The van der Waals surface area contributed by atoms with Gasteiger partial charge >= 0.3 is 0 Å². The molecule has 0 bridgehead atoms. The van der Waals surface area contributed by atoms with Gasteiger partial charge in [-0.05, 0) is 25.1 Å². The molecule has 0 atom stereocenters. The van der Waals surface area contributed by atoms with Gasteiger partial charge in [0.1, 0.15) is 0 Å². The SMILES string of the molecule is CCNC(=O)CNc1ccc(Br)cc1Cl. The fourth-order valence-electron chi connectivity index (χ4n) is 1.07. The highest BCUT2D eigenvalue weighted by molar-refractivity contribution is 9.10. The van der Waals surface area contributed by atoms with Gasteiger partial charge in [-0.15, -0.1) is 0 Å². The van der Waals surface area contributed by atoms with Gasteiger partial charge < -0.3 is 10.6 Å². The van der Waals surface area contributed by atoms with Crippen LogP contribution < -0.4 is 10.6 Å². The summed E-state index contributed by atoms with van der Waals surface area (Å²) in [6, 6.07) is 5.47. The number of halogens is 2. The molecule has 3 nitrogen and oxygen atoms in total. The number of carbonyl (C=O) groups excluding carboxylic acids is 1. The molecule has 0 fully saturated rings. The Morgan fingerprint density at radius 3 is 2.87 bits per heavy atom. The zero-order chi connectivity index (χ0) is 11.3. The summed E-state index contributed by atoms with van der Waals surface area (Å²) in [6.07, 6.45) is 0. The molecule has 0 aliphatic carbocycles. The van der Waals surface area contributed by atoms with Crippen molar-refractivity contribution < 1.29 is 4.79 Å². The quantitative estimate of drug-likeness (QED) is 0.895. The van der Waals surface area contributed by atoms with E-state index in [1.54, 1.807) is 6.07 Å². The average Bonchev–Trinajstić information content (AvgIpc) is 2.17. The fraction of sp³-hybridized carbons (Fsp3) is 0.300. The van der Waals surface area contributed by atoms with Crippen molar-refractivity contribution in [3.05, 3.63) is 27.7 Å². The summed E-state index contributed by atoms with van der Waals surface area (Å²) >= 11 is 9.28. The Balaban J connectivity index is 2.54. The van der Waals surface area contributed by atoms with Crippen LogP contribution in [0.3, 0.4) is 0 Å². The van der Waals surface area contributed by atoms with Gasteiger partial charge in [-0.1, -0.05) is 27.5 Å². The molecule has 0 heterocycles. The molecule has 0 saturated carbocycles. The second-order valence-electron chi connectivity index (χ2n) is 2.93. The van der Waals surface area contributed by atoms with E-state index in [1.165, 1.54) is 0 Å². The van der Waals surface area contributed by atoms with E-state index < -0.39 is 0 Å². The highest BCUT2D eigenvalue weighted by Gasteiger charge is 2.02. The van der Waals surface area contributed by atoms with E-state index in [4.69, 9.17) is 11.6 Å². The molecular formula is C10H12BrClN2O. The van der Waals surface area contributed by atoms with Crippen LogP contribution in [0.2, 0.25) is 5.02 Å². The molecule has 2 N–H and O–H groups in total. The lowest BCUT2D eigenvalue weighted by molar-refractivity contribution is -0.119. The molecule has 82 valence electrons. The van der Waals surface area contributed by atoms with Crippen molar-refractivity contribution in [3.8, 4) is 0 Å². The Morgan fingerprint density at radius 2 is 2.27 bits per heavy atom. The number of hydrogen-bond acceptors (Lipinski definition) is 2. The highest BCUT2D eigenvalue weighted by atomic mass is 79.9. The van der Waals surface area contributed by atoms with Crippen molar-refractivity contribution in [2.75, 3.05) is 18.4 Å². The Hall–Kier alpha value is -0.740. The zero-order valence-corrected chi connectivity index (χ0v) is 10.7. The van der Waals surface area contributed by atoms with E-state index in [-0.39, 0.29) is 12.5 Å². The summed E-state index contributed by atoms with van der Waals surface area (Å²) in [5, 5.41) is 6.24. The molecule has 0 unspecified atom stereocenters. The van der Waals surface area contributed by atoms with Crippen molar-refractivity contribution in [3.63, 3.8) is 0 Å². The van der Waals surface area contributed by atoms with Crippen molar-refractivity contribution in [2.24, 2.45) is 0 Å². The number of likely N-dealkylation sites (N-methyl/N-ethyl adjacent to an activating group) is 1. The predicted octanol–water partition coefficient (Wildman–Crippen LogP) is 2.65. The molecule has 0 saturated heterocycles. The van der Waals surface area contributed by atoms with Crippen molar-refractivity contribution in [1.82, 2.24) is 5.32 Å². The Labute approximate surface area is 102 Å². The first-order valence-electron chi connectivity index (χ1n) is 4.59.